The Morgan fingerprint density at radius 2 is 1.95 bits per heavy atom. The van der Waals surface area contributed by atoms with Crippen molar-refractivity contribution in [2.24, 2.45) is 0 Å². The normalized spacial score (nSPS) is 28.1. The van der Waals surface area contributed by atoms with Gasteiger partial charge in [0.1, 0.15) is 12.3 Å². The van der Waals surface area contributed by atoms with Crippen molar-refractivity contribution >= 4 is 6.03 Å². The lowest BCUT2D eigenvalue weighted by atomic mass is 10.0. The molecule has 5 nitrogen and oxygen atoms in total. The third kappa shape index (κ3) is 2.87. The van der Waals surface area contributed by atoms with Gasteiger partial charge in [0.05, 0.1) is 6.54 Å². The molecule has 2 aliphatic heterocycles. The number of hydrogen-bond acceptors (Lipinski definition) is 3. The summed E-state index contributed by atoms with van der Waals surface area (Å²) >= 11 is 0. The molecule has 19 heavy (non-hydrogen) atoms. The van der Waals surface area contributed by atoms with E-state index >= 15 is 0 Å². The van der Waals surface area contributed by atoms with E-state index in [0.29, 0.717) is 12.8 Å². The van der Waals surface area contributed by atoms with Crippen molar-refractivity contribution in [1.29, 1.82) is 0 Å². The van der Waals surface area contributed by atoms with E-state index in [1.54, 1.807) is 4.90 Å². The second-order valence-corrected chi connectivity index (χ2v) is 6.46. The predicted octanol–water partition coefficient (Wildman–Crippen LogP) is 1.59. The first-order chi connectivity index (χ1) is 8.84. The van der Waals surface area contributed by atoms with Gasteiger partial charge in [-0.15, -0.1) is 0 Å². The van der Waals surface area contributed by atoms with E-state index in [1.165, 1.54) is 0 Å². The summed E-state index contributed by atoms with van der Waals surface area (Å²) in [6.07, 6.45) is 0.952. The molecule has 2 aliphatic rings. The number of carbonyl (C=O) groups is 1. The van der Waals surface area contributed by atoms with Gasteiger partial charge in [-0.05, 0) is 34.1 Å². The summed E-state index contributed by atoms with van der Waals surface area (Å²) in [6.45, 7) is 11.6. The molecule has 110 valence electrons. The first-order valence-electron chi connectivity index (χ1n) is 7.24. The van der Waals surface area contributed by atoms with Gasteiger partial charge in [0.2, 0.25) is 0 Å². The molecule has 1 spiro atoms. The Kier molecular flexibility index (Phi) is 4.06. The van der Waals surface area contributed by atoms with Gasteiger partial charge in [-0.3, -0.25) is 4.90 Å². The first-order valence-corrected chi connectivity index (χ1v) is 7.24. The average Bonchev–Trinajstić information content (AvgIpc) is 2.96. The lowest BCUT2D eigenvalue weighted by Gasteiger charge is -2.29. The van der Waals surface area contributed by atoms with Crippen LogP contribution in [0.3, 0.4) is 0 Å². The monoisotopic (exact) mass is 269 g/mol. The van der Waals surface area contributed by atoms with Gasteiger partial charge in [0.15, 0.2) is 0 Å². The van der Waals surface area contributed by atoms with Gasteiger partial charge in [-0.25, -0.2) is 4.79 Å². The summed E-state index contributed by atoms with van der Waals surface area (Å²) in [5.41, 5.74) is -0.127. The molecule has 5 heteroatoms. The average molecular weight is 269 g/mol. The number of hydrogen-bond donors (Lipinski definition) is 0. The Morgan fingerprint density at radius 3 is 2.47 bits per heavy atom. The fourth-order valence-electron chi connectivity index (χ4n) is 2.71. The molecule has 0 aromatic rings. The van der Waals surface area contributed by atoms with Crippen molar-refractivity contribution in [3.8, 4) is 0 Å². The maximum atomic E-state index is 12.3. The van der Waals surface area contributed by atoms with E-state index in [0.717, 1.165) is 26.1 Å². The molecule has 2 heterocycles. The van der Waals surface area contributed by atoms with Crippen LogP contribution in [0.2, 0.25) is 0 Å². The van der Waals surface area contributed by atoms with Crippen molar-refractivity contribution in [3.05, 3.63) is 0 Å². The van der Waals surface area contributed by atoms with Crippen molar-refractivity contribution in [2.75, 3.05) is 33.4 Å². The maximum absolute atomic E-state index is 12.3. The largest absolute Gasteiger partial charge is 0.356 e. The second-order valence-electron chi connectivity index (χ2n) is 6.46. The minimum Gasteiger partial charge on any atom is -0.356 e. The zero-order valence-electron chi connectivity index (χ0n) is 12.8. The van der Waals surface area contributed by atoms with Crippen LogP contribution in [0.4, 0.5) is 4.79 Å². The minimum absolute atomic E-state index is 0.124. The molecule has 2 saturated heterocycles. The molecule has 0 aliphatic carbocycles. The molecule has 0 aromatic heterocycles. The third-order valence-electron chi connectivity index (χ3n) is 4.42. The fraction of sp³-hybridized carbons (Fsp3) is 0.929. The second kappa shape index (κ2) is 5.29. The molecule has 0 saturated carbocycles. The minimum atomic E-state index is -0.127. The summed E-state index contributed by atoms with van der Waals surface area (Å²) < 4.78 is 6.01. The number of urea groups is 1. The molecule has 2 fully saturated rings. The maximum Gasteiger partial charge on any atom is 0.320 e. The highest BCUT2D eigenvalue weighted by Crippen LogP contribution is 2.32. The zero-order valence-corrected chi connectivity index (χ0v) is 12.8. The van der Waals surface area contributed by atoms with Crippen LogP contribution in [0.1, 0.15) is 34.1 Å². The molecule has 0 aromatic carbocycles. The Bertz CT molecular complexity index is 346. The van der Waals surface area contributed by atoms with Crippen LogP contribution < -0.4 is 0 Å². The summed E-state index contributed by atoms with van der Waals surface area (Å²) in [4.78, 5) is 18.4. The lowest BCUT2D eigenvalue weighted by molar-refractivity contribution is 0.0112. The Labute approximate surface area is 116 Å². The molecule has 2 amide bonds. The topological polar surface area (TPSA) is 36.0 Å². The number of amides is 2. The van der Waals surface area contributed by atoms with Crippen LogP contribution >= 0.6 is 0 Å². The molecule has 0 N–H and O–H groups in total. The van der Waals surface area contributed by atoms with Crippen molar-refractivity contribution in [3.63, 3.8) is 0 Å². The molecule has 1 unspecified atom stereocenters. The van der Waals surface area contributed by atoms with Crippen molar-refractivity contribution in [1.82, 2.24) is 14.7 Å². The highest BCUT2D eigenvalue weighted by atomic mass is 16.5. The SMILES string of the molecule is CC(C)N1COC2(CCN(C(=O)N(C)C(C)C)C2)C1. The summed E-state index contributed by atoms with van der Waals surface area (Å²) in [5.74, 6) is 0. The fourth-order valence-corrected chi connectivity index (χ4v) is 2.71. The predicted molar refractivity (Wildman–Crippen MR) is 75.0 cm³/mol. The summed E-state index contributed by atoms with van der Waals surface area (Å²) in [6, 6.07) is 0.863. The Balaban J connectivity index is 1.95. The van der Waals surface area contributed by atoms with E-state index < -0.39 is 0 Å². The van der Waals surface area contributed by atoms with Gasteiger partial charge in [-0.2, -0.15) is 0 Å². The van der Waals surface area contributed by atoms with Crippen LogP contribution in [0.5, 0.6) is 0 Å². The van der Waals surface area contributed by atoms with Crippen LogP contribution in [0.15, 0.2) is 0 Å². The summed E-state index contributed by atoms with van der Waals surface area (Å²) in [7, 11) is 1.87. The van der Waals surface area contributed by atoms with Gasteiger partial charge in [0.25, 0.3) is 0 Å². The first kappa shape index (κ1) is 14.6. The lowest BCUT2D eigenvalue weighted by Crippen LogP contribution is -2.46. The smallest absolute Gasteiger partial charge is 0.320 e. The number of rotatable bonds is 2. The number of likely N-dealkylation sites (tertiary alicyclic amines) is 1. The van der Waals surface area contributed by atoms with Crippen LogP contribution in [-0.4, -0.2) is 71.8 Å². The highest BCUT2D eigenvalue weighted by Gasteiger charge is 2.47. The third-order valence-corrected chi connectivity index (χ3v) is 4.42. The number of carbonyl (C=O) groups excluding carboxylic acids is 1. The van der Waals surface area contributed by atoms with E-state index in [9.17, 15) is 4.79 Å². The van der Waals surface area contributed by atoms with Gasteiger partial charge in [-0.1, -0.05) is 0 Å². The molecule has 0 radical (unpaired) electrons. The molecule has 1 atom stereocenters. The molecule has 0 bridgehead atoms. The number of nitrogens with zero attached hydrogens (tertiary/aromatic N) is 3. The Morgan fingerprint density at radius 1 is 1.26 bits per heavy atom. The van der Waals surface area contributed by atoms with Gasteiger partial charge in [0, 0.05) is 32.2 Å². The van der Waals surface area contributed by atoms with Crippen molar-refractivity contribution in [2.45, 2.75) is 51.8 Å². The Hall–Kier alpha value is -0.810. The standard InChI is InChI=1S/C14H27N3O2/c1-11(2)15(5)13(18)16-7-6-14(8-16)9-17(10-19-14)12(3)4/h11-12H,6-10H2,1-5H3. The number of ether oxygens (including phenoxy) is 1. The van der Waals surface area contributed by atoms with E-state index in [-0.39, 0.29) is 17.7 Å². The quantitative estimate of drug-likeness (QED) is 0.764. The van der Waals surface area contributed by atoms with Crippen LogP contribution in [-0.2, 0) is 4.74 Å². The van der Waals surface area contributed by atoms with E-state index in [2.05, 4.69) is 18.7 Å². The van der Waals surface area contributed by atoms with Crippen molar-refractivity contribution < 1.29 is 9.53 Å². The van der Waals surface area contributed by atoms with Crippen LogP contribution in [0, 0.1) is 0 Å². The van der Waals surface area contributed by atoms with Gasteiger partial charge >= 0.3 is 6.03 Å². The van der Waals surface area contributed by atoms with Crippen LogP contribution in [0.25, 0.3) is 0 Å². The molecule has 2 rings (SSSR count). The molecular weight excluding hydrogens is 242 g/mol. The molecular formula is C14H27N3O2. The van der Waals surface area contributed by atoms with E-state index in [4.69, 9.17) is 4.74 Å². The van der Waals surface area contributed by atoms with Gasteiger partial charge < -0.3 is 14.5 Å². The van der Waals surface area contributed by atoms with E-state index in [1.807, 2.05) is 25.8 Å². The highest BCUT2D eigenvalue weighted by molar-refractivity contribution is 5.75. The zero-order chi connectivity index (χ0) is 14.2. The summed E-state index contributed by atoms with van der Waals surface area (Å²) in [5, 5.41) is 0.